The lowest BCUT2D eigenvalue weighted by Gasteiger charge is -2.44. The van der Waals surface area contributed by atoms with E-state index in [9.17, 15) is 46.8 Å². The van der Waals surface area contributed by atoms with Gasteiger partial charge in [0.2, 0.25) is 10.0 Å². The summed E-state index contributed by atoms with van der Waals surface area (Å²) in [6, 6.07) is 3.97. The zero-order valence-corrected chi connectivity index (χ0v) is 78.8. The number of nitrogens with zero attached hydrogens (tertiary/aromatic N) is 8. The molecule has 5 rings (SSSR count). The first-order chi connectivity index (χ1) is 55.6. The van der Waals surface area contributed by atoms with Gasteiger partial charge in [0.15, 0.2) is 5.78 Å². The maximum absolute atomic E-state index is 14.0. The first-order valence-electron chi connectivity index (χ1n) is 42.8. The summed E-state index contributed by atoms with van der Waals surface area (Å²) in [5.41, 5.74) is 13.3. The van der Waals surface area contributed by atoms with Gasteiger partial charge in [0.25, 0.3) is 0 Å². The number of carbonyl (C=O) groups is 8. The van der Waals surface area contributed by atoms with Crippen molar-refractivity contribution >= 4 is 58.1 Å². The average Bonchev–Trinajstić information content (AvgIpc) is 1.54. The lowest BCUT2D eigenvalue weighted by molar-refractivity contribution is -0.142. The maximum atomic E-state index is 14.0. The van der Waals surface area contributed by atoms with E-state index in [1.54, 1.807) is 67.8 Å². The number of aliphatic hydroxyl groups is 1. The van der Waals surface area contributed by atoms with E-state index in [1.165, 1.54) is 45.4 Å². The van der Waals surface area contributed by atoms with Crippen molar-refractivity contribution in [2.75, 3.05) is 163 Å². The number of rotatable bonds is 38. The zero-order chi connectivity index (χ0) is 92.0. The lowest BCUT2D eigenvalue weighted by atomic mass is 10.00. The Balaban J connectivity index is 0.00000149. The number of ether oxygens (including phenoxy) is 7. The van der Waals surface area contributed by atoms with Crippen LogP contribution in [-0.4, -0.2) is 343 Å². The molecule has 0 radical (unpaired) electrons. The van der Waals surface area contributed by atoms with E-state index in [-0.39, 0.29) is 47.2 Å². The molecule has 700 valence electrons. The van der Waals surface area contributed by atoms with Gasteiger partial charge in [-0.1, -0.05) is 37.8 Å². The molecule has 1 aromatic carbocycles. The number of amides is 4. The first-order valence-corrected chi connectivity index (χ1v) is 44.3. The van der Waals surface area contributed by atoms with E-state index >= 15 is 0 Å². The van der Waals surface area contributed by atoms with E-state index in [0.29, 0.717) is 95.9 Å². The van der Waals surface area contributed by atoms with Crippen molar-refractivity contribution in [3.8, 4) is 0 Å². The fourth-order valence-electron chi connectivity index (χ4n) is 12.9. The molecule has 6 unspecified atom stereocenters. The number of carboxylic acid groups (broad SMARTS) is 2. The fourth-order valence-corrected chi connectivity index (χ4v) is 14.8. The summed E-state index contributed by atoms with van der Waals surface area (Å²) in [6.45, 7) is 31.9. The standard InChI is InChI=1S/C26H41N3O6S.C18H35N3O3.C13H26N2O4.C11H22N2O4.C9H20N2O2.C8H20N2O/c1-20(30)21-10-12-23(13-11-21)36(32,33)29-22(9-7-8-16-27(5)6)19-34-26(29)14-17-28(18-15-26)24(31)35-25(2,3)4;1-17(2,3)24-16(22)21-12-9-18(10-13-21)19-15(14-23-18)8-6-7-11-20(4)5;1-13(2,3)19-12(18)14-10(11(16)17)8-6-7-9-15(4)5;1-11(2,3)17-10(16)13-8(9(14)15)6-4-5-7-12;1-11(2)7-5-4-6-8(10)9(12)13-3;1-10(2)6-4-3-5-8(9)7-11/h10-13,22H,7-9,14-19H2,1-6H3;15,19H,6-14H2,1-5H3;10H,6-9H2,1-5H3,(H,14,18)(H,16,17);8H,4-7,12H2,1-3H3,(H,13,16)(H,14,15);8H,4-7,10H2,1-3H3;8,11H,3-7,9H2,1-2H3. The Kier molecular flexibility index (Phi) is 54.4. The molecule has 4 amide bonds. The van der Waals surface area contributed by atoms with Crippen LogP contribution >= 0.6 is 0 Å². The second-order valence-electron chi connectivity index (χ2n) is 36.8. The molecule has 4 saturated heterocycles. The molecule has 4 aliphatic rings. The molecule has 34 nitrogen and oxygen atoms in total. The molecule has 35 heteroatoms. The second kappa shape index (κ2) is 57.4. The molecule has 4 fully saturated rings. The third-order valence-electron chi connectivity index (χ3n) is 19.2. The van der Waals surface area contributed by atoms with Crippen LogP contribution in [0, 0.1) is 0 Å². The van der Waals surface area contributed by atoms with Gasteiger partial charge in [-0.3, -0.25) is 14.9 Å². The van der Waals surface area contributed by atoms with Crippen LogP contribution in [0.1, 0.15) is 242 Å². The Morgan fingerprint density at radius 3 is 1.27 bits per heavy atom. The third kappa shape index (κ3) is 51.8. The summed E-state index contributed by atoms with van der Waals surface area (Å²) in [6.07, 6.45) is 16.3. The fraction of sp³-hybridized carbons (Fsp3) is 0.835. The Labute approximate surface area is 720 Å². The second-order valence-corrected chi connectivity index (χ2v) is 38.6. The number of carboxylic acids is 2. The normalized spacial score (nSPS) is 17.6. The highest BCUT2D eigenvalue weighted by atomic mass is 32.2. The van der Waals surface area contributed by atoms with Crippen LogP contribution in [0.2, 0.25) is 0 Å². The number of piperidine rings is 2. The number of carbonyl (C=O) groups excluding carboxylic acids is 6. The van der Waals surface area contributed by atoms with E-state index < -0.39 is 86.5 Å². The predicted molar refractivity (Wildman–Crippen MR) is 469 cm³/mol. The van der Waals surface area contributed by atoms with Gasteiger partial charge in [-0.15, -0.1) is 0 Å². The number of esters is 1. The number of hydrogen-bond donors (Lipinski definition) is 9. The van der Waals surface area contributed by atoms with Crippen molar-refractivity contribution in [1.29, 1.82) is 0 Å². The zero-order valence-electron chi connectivity index (χ0n) is 78.0. The Bertz CT molecular complexity index is 3180. The largest absolute Gasteiger partial charge is 0.480 e. The molecule has 0 aromatic heterocycles. The maximum Gasteiger partial charge on any atom is 0.410 e. The van der Waals surface area contributed by atoms with Gasteiger partial charge in [-0.2, -0.15) is 4.31 Å². The number of aliphatic carboxylic acids is 2. The number of aliphatic hydroxyl groups excluding tert-OH is 1. The number of ketones is 1. The number of Topliss-reactive ketones (excluding diaryl/α,β-unsaturated/α-hetero) is 1. The van der Waals surface area contributed by atoms with Crippen LogP contribution in [0.4, 0.5) is 19.2 Å². The Hall–Kier alpha value is -6.19. The van der Waals surface area contributed by atoms with Gasteiger partial charge in [0.1, 0.15) is 52.0 Å². The molecule has 12 N–H and O–H groups in total. The summed E-state index contributed by atoms with van der Waals surface area (Å²) in [7, 11) is 17.8. The lowest BCUT2D eigenvalue weighted by Crippen LogP contribution is -2.57. The van der Waals surface area contributed by atoms with E-state index in [2.05, 4.69) is 68.5 Å². The smallest absolute Gasteiger partial charge is 0.410 e. The van der Waals surface area contributed by atoms with Gasteiger partial charge in [-0.25, -0.2) is 37.2 Å². The molecule has 120 heavy (non-hydrogen) atoms. The molecule has 1 aromatic rings. The van der Waals surface area contributed by atoms with E-state index in [4.69, 9.17) is 60.9 Å². The summed E-state index contributed by atoms with van der Waals surface area (Å²) < 4.78 is 67.4. The van der Waals surface area contributed by atoms with Crippen LogP contribution in [0.3, 0.4) is 0 Å². The summed E-state index contributed by atoms with van der Waals surface area (Å²) >= 11 is 0. The number of likely N-dealkylation sites (tertiary alicyclic amines) is 2. The van der Waals surface area contributed by atoms with Crippen molar-refractivity contribution in [2.45, 2.75) is 306 Å². The highest BCUT2D eigenvalue weighted by Gasteiger charge is 2.55. The van der Waals surface area contributed by atoms with Crippen molar-refractivity contribution in [3.63, 3.8) is 0 Å². The number of unbranched alkanes of at least 4 members (excludes halogenated alkanes) is 6. The summed E-state index contributed by atoms with van der Waals surface area (Å²) in [5, 5.41) is 35.0. The average molecular weight is 1730 g/mol. The number of methoxy groups -OCH3 is 1. The molecular weight excluding hydrogens is 1570 g/mol. The highest BCUT2D eigenvalue weighted by Crippen LogP contribution is 2.43. The van der Waals surface area contributed by atoms with Crippen LogP contribution < -0.4 is 33.2 Å². The SMILES string of the molecule is CC(=O)c1ccc(S(=O)(=O)N2C(CCCCN(C)C)COC23CCN(C(=O)OC(C)(C)C)CC3)cc1.CC(C)(C)OC(=O)NC(CCCCN)C(=O)O.CN(C)CCCCC(N)CO.CN(C)CCCCC(NC(=O)OC(C)(C)C)C(=O)O.CN(C)CCCCC1COC2(CCN(C(=O)OC(C)(C)C)CC2)N1.COC(=O)C(N)CCCCN(C)C. The van der Waals surface area contributed by atoms with Crippen molar-refractivity contribution in [2.24, 2.45) is 17.2 Å². The van der Waals surface area contributed by atoms with Crippen LogP contribution in [0.5, 0.6) is 0 Å². The summed E-state index contributed by atoms with van der Waals surface area (Å²) in [4.78, 5) is 106. The molecule has 4 heterocycles. The number of alkyl carbamates (subject to hydrolysis) is 2. The van der Waals surface area contributed by atoms with Crippen molar-refractivity contribution < 1.29 is 95.3 Å². The third-order valence-corrected chi connectivity index (χ3v) is 21.2. The monoisotopic (exact) mass is 1730 g/mol. The molecule has 0 saturated carbocycles. The summed E-state index contributed by atoms with van der Waals surface area (Å²) in [5.74, 6) is -2.53. The minimum Gasteiger partial charge on any atom is -0.480 e. The topological polar surface area (TPSA) is 436 Å². The molecular formula is C85H164N14O20S. The Morgan fingerprint density at radius 1 is 0.533 bits per heavy atom. The Morgan fingerprint density at radius 2 is 0.908 bits per heavy atom. The van der Waals surface area contributed by atoms with Crippen LogP contribution in [0.15, 0.2) is 29.2 Å². The van der Waals surface area contributed by atoms with Gasteiger partial charge >= 0.3 is 42.3 Å². The van der Waals surface area contributed by atoms with Crippen LogP contribution in [-0.2, 0) is 57.6 Å². The number of nitrogens with two attached hydrogens (primary N) is 3. The minimum atomic E-state index is -3.91. The first kappa shape index (κ1) is 114. The van der Waals surface area contributed by atoms with Crippen LogP contribution in [0.25, 0.3) is 0 Å². The van der Waals surface area contributed by atoms with E-state index in [0.717, 1.165) is 116 Å². The molecule has 0 bridgehead atoms. The quantitative estimate of drug-likeness (QED) is 0.0129. The predicted octanol–water partition coefficient (Wildman–Crippen LogP) is 9.22. The van der Waals surface area contributed by atoms with Gasteiger partial charge in [-0.05, 0) is 302 Å². The molecule has 4 aliphatic heterocycles. The van der Waals surface area contributed by atoms with E-state index in [1.807, 2.05) is 88.7 Å². The number of benzene rings is 1. The van der Waals surface area contributed by atoms with Crippen molar-refractivity contribution in [1.82, 2.24) is 54.6 Å². The molecule has 2 spiro atoms. The van der Waals surface area contributed by atoms with Gasteiger partial charge in [0.05, 0.1) is 37.9 Å². The number of nitrogens with one attached hydrogen (secondary N) is 3. The number of hydrogen-bond acceptors (Lipinski definition) is 27. The minimum absolute atomic E-state index is 0.0165. The molecule has 6 atom stereocenters. The highest BCUT2D eigenvalue weighted by molar-refractivity contribution is 7.89. The van der Waals surface area contributed by atoms with Crippen molar-refractivity contribution in [3.05, 3.63) is 29.8 Å². The van der Waals surface area contributed by atoms with Gasteiger partial charge < -0.3 is 111 Å². The number of sulfonamides is 1. The van der Waals surface area contributed by atoms with Gasteiger partial charge in [0, 0.05) is 69.5 Å². The molecule has 0 aliphatic carbocycles.